The summed E-state index contributed by atoms with van der Waals surface area (Å²) in [5.74, 6) is 6.57. The van der Waals surface area contributed by atoms with Crippen LogP contribution in [0.2, 0.25) is 0 Å². The van der Waals surface area contributed by atoms with Gasteiger partial charge in [0, 0.05) is 30.7 Å². The molecule has 114 valence electrons. The normalized spacial score (nSPS) is 10.2. The third-order valence-corrected chi connectivity index (χ3v) is 6.52. The first-order valence-electron chi connectivity index (χ1n) is 6.68. The molecule has 0 N–H and O–H groups in total. The molecule has 0 aliphatic carbocycles. The van der Waals surface area contributed by atoms with E-state index in [0.717, 1.165) is 11.1 Å². The maximum atomic E-state index is 3.29. The molecule has 0 heterocycles. The van der Waals surface area contributed by atoms with Crippen LogP contribution in [0.25, 0.3) is 0 Å². The van der Waals surface area contributed by atoms with Gasteiger partial charge in [0.05, 0.1) is 0 Å². The molecule has 0 aliphatic heterocycles. The van der Waals surface area contributed by atoms with Crippen molar-refractivity contribution in [3.63, 3.8) is 0 Å². The largest absolute Gasteiger partial charge is 0.128 e. The summed E-state index contributed by atoms with van der Waals surface area (Å²) in [5.41, 5.74) is 2.14. The minimum Gasteiger partial charge on any atom is -0.128 e. The Bertz CT molecular complexity index is 651. The van der Waals surface area contributed by atoms with E-state index in [2.05, 4.69) is 73.3 Å². The standard InChI is InChI=1S/C18H18S4/c1-19-15-9-7-13(11-17(15)21-3)5-6-14-8-10-16(20-2)18(12-14)22-4/h7-12H,1-4H3. The third kappa shape index (κ3) is 4.45. The zero-order valence-electron chi connectivity index (χ0n) is 13.1. The van der Waals surface area contributed by atoms with E-state index in [1.807, 2.05) is 0 Å². The maximum Gasteiger partial charge on any atom is 0.0260 e. The van der Waals surface area contributed by atoms with Crippen molar-refractivity contribution in [1.29, 1.82) is 0 Å². The number of benzene rings is 2. The van der Waals surface area contributed by atoms with E-state index in [1.54, 1.807) is 47.0 Å². The van der Waals surface area contributed by atoms with Crippen LogP contribution in [-0.2, 0) is 0 Å². The van der Waals surface area contributed by atoms with E-state index in [9.17, 15) is 0 Å². The Morgan fingerprint density at radius 1 is 0.545 bits per heavy atom. The van der Waals surface area contributed by atoms with Gasteiger partial charge in [-0.3, -0.25) is 0 Å². The molecule has 0 atom stereocenters. The molecule has 0 aliphatic rings. The van der Waals surface area contributed by atoms with Crippen LogP contribution < -0.4 is 0 Å². The fraction of sp³-hybridized carbons (Fsp3) is 0.222. The van der Waals surface area contributed by atoms with Crippen molar-refractivity contribution < 1.29 is 0 Å². The molecular weight excluding hydrogens is 344 g/mol. The van der Waals surface area contributed by atoms with Crippen LogP contribution in [0.5, 0.6) is 0 Å². The molecule has 0 aromatic heterocycles. The molecular formula is C18H18S4. The van der Waals surface area contributed by atoms with Crippen LogP contribution in [0, 0.1) is 11.8 Å². The van der Waals surface area contributed by atoms with Gasteiger partial charge in [-0.05, 0) is 61.4 Å². The van der Waals surface area contributed by atoms with Crippen molar-refractivity contribution in [2.24, 2.45) is 0 Å². The first kappa shape index (κ1) is 17.7. The first-order valence-corrected chi connectivity index (χ1v) is 11.6. The molecule has 0 nitrogen and oxygen atoms in total. The molecule has 2 aromatic carbocycles. The molecule has 0 unspecified atom stereocenters. The molecule has 4 heteroatoms. The van der Waals surface area contributed by atoms with Crippen LogP contribution in [0.1, 0.15) is 11.1 Å². The highest BCUT2D eigenvalue weighted by Gasteiger charge is 2.02. The second-order valence-corrected chi connectivity index (χ2v) is 7.78. The second-order valence-electron chi connectivity index (χ2n) is 4.39. The highest BCUT2D eigenvalue weighted by molar-refractivity contribution is 8.02. The molecule has 0 radical (unpaired) electrons. The van der Waals surface area contributed by atoms with E-state index in [0.29, 0.717) is 0 Å². The first-order chi connectivity index (χ1) is 10.7. The summed E-state index contributed by atoms with van der Waals surface area (Å²) in [7, 11) is 0. The van der Waals surface area contributed by atoms with Gasteiger partial charge >= 0.3 is 0 Å². The predicted octanol–water partition coefficient (Wildman–Crippen LogP) is 5.97. The minimum atomic E-state index is 1.07. The molecule has 2 rings (SSSR count). The van der Waals surface area contributed by atoms with E-state index >= 15 is 0 Å². The van der Waals surface area contributed by atoms with Gasteiger partial charge < -0.3 is 0 Å². The zero-order valence-corrected chi connectivity index (χ0v) is 16.4. The molecule has 0 spiro atoms. The van der Waals surface area contributed by atoms with Gasteiger partial charge in [0.1, 0.15) is 0 Å². The smallest absolute Gasteiger partial charge is 0.0260 e. The Morgan fingerprint density at radius 3 is 1.23 bits per heavy atom. The van der Waals surface area contributed by atoms with Crippen molar-refractivity contribution >= 4 is 47.0 Å². The van der Waals surface area contributed by atoms with E-state index in [1.165, 1.54) is 19.6 Å². The Balaban J connectivity index is 2.30. The van der Waals surface area contributed by atoms with Gasteiger partial charge in [-0.15, -0.1) is 47.0 Å². The third-order valence-electron chi connectivity index (χ3n) is 3.12. The van der Waals surface area contributed by atoms with Gasteiger partial charge in [0.15, 0.2) is 0 Å². The highest BCUT2D eigenvalue weighted by Crippen LogP contribution is 2.30. The molecule has 0 saturated heterocycles. The van der Waals surface area contributed by atoms with E-state index < -0.39 is 0 Å². The van der Waals surface area contributed by atoms with E-state index in [-0.39, 0.29) is 0 Å². The number of hydrogen-bond acceptors (Lipinski definition) is 4. The van der Waals surface area contributed by atoms with Crippen molar-refractivity contribution in [3.8, 4) is 11.8 Å². The summed E-state index contributed by atoms with van der Waals surface area (Å²) in [6.45, 7) is 0. The van der Waals surface area contributed by atoms with Gasteiger partial charge in [0.2, 0.25) is 0 Å². The van der Waals surface area contributed by atoms with Crippen LogP contribution in [-0.4, -0.2) is 25.0 Å². The molecule has 0 fully saturated rings. The van der Waals surface area contributed by atoms with E-state index in [4.69, 9.17) is 0 Å². The van der Waals surface area contributed by atoms with Gasteiger partial charge in [-0.2, -0.15) is 0 Å². The highest BCUT2D eigenvalue weighted by atomic mass is 32.2. The summed E-state index contributed by atoms with van der Waals surface area (Å²) in [5, 5.41) is 0. The summed E-state index contributed by atoms with van der Waals surface area (Å²) in [6.07, 6.45) is 8.44. The lowest BCUT2D eigenvalue weighted by molar-refractivity contribution is 1.24. The lowest BCUT2D eigenvalue weighted by Crippen LogP contribution is -1.83. The second kappa shape index (κ2) is 8.88. The lowest BCUT2D eigenvalue weighted by Gasteiger charge is -2.05. The summed E-state index contributed by atoms with van der Waals surface area (Å²) in [6, 6.07) is 12.9. The Kier molecular flexibility index (Phi) is 7.17. The van der Waals surface area contributed by atoms with Crippen LogP contribution in [0.3, 0.4) is 0 Å². The molecule has 0 bridgehead atoms. The van der Waals surface area contributed by atoms with Crippen molar-refractivity contribution in [2.45, 2.75) is 19.6 Å². The number of rotatable bonds is 4. The molecule has 22 heavy (non-hydrogen) atoms. The quantitative estimate of drug-likeness (QED) is 0.485. The Morgan fingerprint density at radius 2 is 0.909 bits per heavy atom. The lowest BCUT2D eigenvalue weighted by atomic mass is 10.2. The predicted molar refractivity (Wildman–Crippen MR) is 106 cm³/mol. The molecule has 0 amide bonds. The molecule has 2 aromatic rings. The van der Waals surface area contributed by atoms with Gasteiger partial charge in [-0.1, -0.05) is 11.8 Å². The maximum absolute atomic E-state index is 3.29. The fourth-order valence-corrected chi connectivity index (χ4v) is 4.93. The van der Waals surface area contributed by atoms with Gasteiger partial charge in [-0.25, -0.2) is 0 Å². The fourth-order valence-electron chi connectivity index (χ4n) is 1.97. The molecule has 0 saturated carbocycles. The summed E-state index contributed by atoms with van der Waals surface area (Å²) < 4.78 is 0. The Labute approximate surface area is 150 Å². The summed E-state index contributed by atoms with van der Waals surface area (Å²) in [4.78, 5) is 5.21. The average molecular weight is 363 g/mol. The van der Waals surface area contributed by atoms with Crippen molar-refractivity contribution in [2.75, 3.05) is 25.0 Å². The van der Waals surface area contributed by atoms with Crippen molar-refractivity contribution in [3.05, 3.63) is 47.5 Å². The number of hydrogen-bond donors (Lipinski definition) is 0. The van der Waals surface area contributed by atoms with Crippen molar-refractivity contribution in [1.82, 2.24) is 0 Å². The Hall–Kier alpha value is -0.600. The van der Waals surface area contributed by atoms with Crippen LogP contribution in [0.4, 0.5) is 0 Å². The topological polar surface area (TPSA) is 0 Å². The SMILES string of the molecule is CSc1ccc(C#Cc2ccc(SC)c(SC)c2)cc1SC. The average Bonchev–Trinajstić information content (AvgIpc) is 2.59. The number of thioether (sulfide) groups is 4. The summed E-state index contributed by atoms with van der Waals surface area (Å²) >= 11 is 7.10. The van der Waals surface area contributed by atoms with Crippen LogP contribution in [0.15, 0.2) is 56.0 Å². The van der Waals surface area contributed by atoms with Gasteiger partial charge in [0.25, 0.3) is 0 Å². The zero-order chi connectivity index (χ0) is 15.9. The monoisotopic (exact) mass is 362 g/mol. The van der Waals surface area contributed by atoms with Crippen LogP contribution >= 0.6 is 47.0 Å². The minimum absolute atomic E-state index is 1.07.